The van der Waals surface area contributed by atoms with Crippen LogP contribution in [0.2, 0.25) is 0 Å². The van der Waals surface area contributed by atoms with Gasteiger partial charge in [-0.2, -0.15) is 0 Å². The lowest BCUT2D eigenvalue weighted by Crippen LogP contribution is -2.25. The lowest BCUT2D eigenvalue weighted by Gasteiger charge is -2.16. The van der Waals surface area contributed by atoms with E-state index in [1.807, 2.05) is 42.5 Å². The number of hydrogen-bond acceptors (Lipinski definition) is 5. The van der Waals surface area contributed by atoms with E-state index in [4.69, 9.17) is 5.21 Å². The average molecular weight is 465 g/mol. The van der Waals surface area contributed by atoms with Crippen LogP contribution in [0, 0.1) is 11.6 Å². The molecule has 0 aliphatic heterocycles. The van der Waals surface area contributed by atoms with Crippen molar-refractivity contribution in [2.24, 2.45) is 0 Å². The van der Waals surface area contributed by atoms with Crippen LogP contribution in [0.25, 0.3) is 10.8 Å². The zero-order valence-electron chi connectivity index (χ0n) is 17.9. The van der Waals surface area contributed by atoms with Crippen LogP contribution in [0.1, 0.15) is 23.7 Å². The summed E-state index contributed by atoms with van der Waals surface area (Å²) in [6.45, 7) is 0. The predicted molar refractivity (Wildman–Crippen MR) is 120 cm³/mol. The van der Waals surface area contributed by atoms with E-state index >= 15 is 0 Å². The Bertz CT molecular complexity index is 1340. The maximum absolute atomic E-state index is 13.3. The molecule has 2 amide bonds. The van der Waals surface area contributed by atoms with Gasteiger partial charge in [0.1, 0.15) is 0 Å². The molecule has 34 heavy (non-hydrogen) atoms. The number of amides is 2. The number of rotatable bonds is 8. The Morgan fingerprint density at radius 1 is 0.971 bits per heavy atom. The fraction of sp³-hybridized carbons (Fsp3) is 0.167. The number of nitrogens with one attached hydrogen (secondary N) is 2. The summed E-state index contributed by atoms with van der Waals surface area (Å²) in [5.41, 5.74) is 3.04. The molecule has 0 saturated heterocycles. The number of aromatic nitrogens is 3. The molecule has 3 aromatic carbocycles. The topological polar surface area (TPSA) is 109 Å². The molecule has 4 aromatic rings. The van der Waals surface area contributed by atoms with Gasteiger partial charge in [0, 0.05) is 18.0 Å². The minimum Gasteiger partial charge on any atom is -0.326 e. The summed E-state index contributed by atoms with van der Waals surface area (Å²) in [4.78, 5) is 24.2. The molecule has 0 radical (unpaired) electrons. The molecule has 8 nitrogen and oxygen atoms in total. The highest BCUT2D eigenvalue weighted by Gasteiger charge is 2.19. The number of fused-ring (bicyclic) bond motifs is 1. The first-order valence-electron chi connectivity index (χ1n) is 10.5. The Morgan fingerprint density at radius 2 is 1.76 bits per heavy atom. The summed E-state index contributed by atoms with van der Waals surface area (Å²) < 4.78 is 27.9. The lowest BCUT2D eigenvalue weighted by atomic mass is 10.00. The number of halogens is 2. The van der Waals surface area contributed by atoms with Gasteiger partial charge in [-0.1, -0.05) is 47.7 Å². The fourth-order valence-corrected chi connectivity index (χ4v) is 3.67. The molecule has 0 aliphatic rings. The Hall–Kier alpha value is -4.18. The molecule has 1 unspecified atom stereocenters. The van der Waals surface area contributed by atoms with Gasteiger partial charge >= 0.3 is 0 Å². The van der Waals surface area contributed by atoms with Gasteiger partial charge in [0.05, 0.1) is 24.6 Å². The summed E-state index contributed by atoms with van der Waals surface area (Å²) in [7, 11) is 0. The monoisotopic (exact) mass is 465 g/mol. The van der Waals surface area contributed by atoms with Gasteiger partial charge in [-0.3, -0.25) is 14.8 Å². The summed E-state index contributed by atoms with van der Waals surface area (Å²) in [6.07, 6.45) is 1.75. The van der Waals surface area contributed by atoms with Crippen LogP contribution < -0.4 is 10.8 Å². The van der Waals surface area contributed by atoms with Crippen molar-refractivity contribution in [3.63, 3.8) is 0 Å². The van der Waals surface area contributed by atoms with Crippen molar-refractivity contribution in [1.82, 2.24) is 20.5 Å². The molecule has 4 rings (SSSR count). The molecule has 10 heteroatoms. The number of nitrogens with zero attached hydrogens (tertiary/aromatic N) is 3. The maximum Gasteiger partial charge on any atom is 0.245 e. The van der Waals surface area contributed by atoms with Crippen LogP contribution in [0.5, 0.6) is 0 Å². The van der Waals surface area contributed by atoms with Crippen molar-refractivity contribution in [2.45, 2.75) is 25.3 Å². The van der Waals surface area contributed by atoms with Crippen LogP contribution >= 0.6 is 0 Å². The molecule has 1 heterocycles. The third-order valence-electron chi connectivity index (χ3n) is 5.31. The highest BCUT2D eigenvalue weighted by atomic mass is 19.2. The van der Waals surface area contributed by atoms with Crippen LogP contribution in [0.3, 0.4) is 0 Å². The van der Waals surface area contributed by atoms with Crippen molar-refractivity contribution >= 4 is 28.3 Å². The van der Waals surface area contributed by atoms with Gasteiger partial charge < -0.3 is 5.32 Å². The second kappa shape index (κ2) is 10.2. The molecule has 174 valence electrons. The SMILES string of the molecule is O=C(CC(Cc1ccc2ccccc2c1)n1cc(CC(=O)Nc2ccc(F)c(F)c2)nn1)NO. The van der Waals surface area contributed by atoms with E-state index in [1.165, 1.54) is 10.7 Å². The smallest absolute Gasteiger partial charge is 0.245 e. The number of hydrogen-bond donors (Lipinski definition) is 3. The number of benzene rings is 3. The van der Waals surface area contributed by atoms with Crippen LogP contribution in [-0.2, 0) is 22.4 Å². The molecule has 0 saturated carbocycles. The summed E-state index contributed by atoms with van der Waals surface area (Å²) in [6, 6.07) is 16.5. The van der Waals surface area contributed by atoms with Gasteiger partial charge in [-0.15, -0.1) is 5.10 Å². The quantitative estimate of drug-likeness (QED) is 0.272. The number of anilines is 1. The van der Waals surface area contributed by atoms with Crippen molar-refractivity contribution in [1.29, 1.82) is 0 Å². The molecule has 1 atom stereocenters. The third kappa shape index (κ3) is 5.59. The maximum atomic E-state index is 13.3. The van der Waals surface area contributed by atoms with Crippen molar-refractivity contribution < 1.29 is 23.6 Å². The molecule has 0 aliphatic carbocycles. The normalized spacial score (nSPS) is 11.9. The summed E-state index contributed by atoms with van der Waals surface area (Å²) >= 11 is 0. The molecule has 0 fully saturated rings. The Morgan fingerprint density at radius 3 is 2.53 bits per heavy atom. The Labute approximate surface area is 193 Å². The molecule has 0 spiro atoms. The Balaban J connectivity index is 1.48. The van der Waals surface area contributed by atoms with Gasteiger partial charge in [0.25, 0.3) is 0 Å². The predicted octanol–water partition coefficient (Wildman–Crippen LogP) is 3.57. The summed E-state index contributed by atoms with van der Waals surface area (Å²) in [5.74, 6) is -3.15. The standard InChI is InChI=1S/C24H21F2N5O3/c25-21-8-7-18(11-22(21)26)27-23(32)12-19-14-31(30-28-19)20(13-24(33)29-34)10-15-5-6-16-3-1-2-4-17(16)9-15/h1-9,11,14,20,34H,10,12-13H2,(H,27,32)(H,29,33). The molecule has 3 N–H and O–H groups in total. The highest BCUT2D eigenvalue weighted by molar-refractivity contribution is 5.92. The third-order valence-corrected chi connectivity index (χ3v) is 5.31. The van der Waals surface area contributed by atoms with E-state index in [9.17, 15) is 18.4 Å². The molecular formula is C24H21F2N5O3. The van der Waals surface area contributed by atoms with E-state index < -0.39 is 29.5 Å². The number of carbonyl (C=O) groups excluding carboxylic acids is 2. The van der Waals surface area contributed by atoms with Crippen molar-refractivity contribution in [2.75, 3.05) is 5.32 Å². The van der Waals surface area contributed by atoms with E-state index in [0.29, 0.717) is 12.1 Å². The van der Waals surface area contributed by atoms with Gasteiger partial charge in [0.2, 0.25) is 11.8 Å². The van der Waals surface area contributed by atoms with E-state index in [0.717, 1.165) is 28.5 Å². The van der Waals surface area contributed by atoms with Gasteiger partial charge in [-0.05, 0) is 34.9 Å². The van der Waals surface area contributed by atoms with Gasteiger partial charge in [0.15, 0.2) is 11.6 Å². The molecule has 0 bridgehead atoms. The first-order chi connectivity index (χ1) is 16.4. The average Bonchev–Trinajstić information content (AvgIpc) is 3.29. The lowest BCUT2D eigenvalue weighted by molar-refractivity contribution is -0.130. The zero-order chi connectivity index (χ0) is 24.1. The minimum absolute atomic E-state index is 0.0623. The molecule has 1 aromatic heterocycles. The first kappa shape index (κ1) is 23.0. The zero-order valence-corrected chi connectivity index (χ0v) is 17.9. The van der Waals surface area contributed by atoms with E-state index in [-0.39, 0.29) is 18.5 Å². The van der Waals surface area contributed by atoms with Crippen molar-refractivity contribution in [3.8, 4) is 0 Å². The fourth-order valence-electron chi connectivity index (χ4n) is 3.67. The Kier molecular flexibility index (Phi) is 6.88. The minimum atomic E-state index is -1.07. The summed E-state index contributed by atoms with van der Waals surface area (Å²) in [5, 5.41) is 21.7. The van der Waals surface area contributed by atoms with Crippen LogP contribution in [-0.4, -0.2) is 32.0 Å². The van der Waals surface area contributed by atoms with Gasteiger partial charge in [-0.25, -0.2) is 18.9 Å². The van der Waals surface area contributed by atoms with E-state index in [2.05, 4.69) is 15.6 Å². The van der Waals surface area contributed by atoms with E-state index in [1.54, 1.807) is 11.7 Å². The molecular weight excluding hydrogens is 444 g/mol. The first-order valence-corrected chi connectivity index (χ1v) is 10.5. The largest absolute Gasteiger partial charge is 0.326 e. The second-order valence-electron chi connectivity index (χ2n) is 7.82. The second-order valence-corrected chi connectivity index (χ2v) is 7.82. The van der Waals surface area contributed by atoms with Crippen molar-refractivity contribution in [3.05, 3.63) is 89.8 Å². The number of hydroxylamine groups is 1. The van der Waals surface area contributed by atoms with Crippen LogP contribution in [0.4, 0.5) is 14.5 Å². The van der Waals surface area contributed by atoms with Crippen LogP contribution in [0.15, 0.2) is 66.9 Å². The highest BCUT2D eigenvalue weighted by Crippen LogP contribution is 2.22. The number of carbonyl (C=O) groups is 2.